The van der Waals surface area contributed by atoms with Crippen molar-refractivity contribution >= 4 is 17.8 Å². The smallest absolute Gasteiger partial charge is 0.414 e. The maximum Gasteiger partial charge on any atom is 0.414 e. The molecule has 36 heavy (non-hydrogen) atoms. The average molecular weight is 505 g/mol. The van der Waals surface area contributed by atoms with Gasteiger partial charge in [-0.25, -0.2) is 9.59 Å². The fourth-order valence-electron chi connectivity index (χ4n) is 4.90. The van der Waals surface area contributed by atoms with Crippen LogP contribution in [0, 0.1) is 5.92 Å². The number of aliphatic carboxylic acids is 2. The Kier molecular flexibility index (Phi) is 9.94. The quantitative estimate of drug-likeness (QED) is 0.523. The van der Waals surface area contributed by atoms with Crippen LogP contribution < -0.4 is 0 Å². The van der Waals surface area contributed by atoms with E-state index < -0.39 is 11.9 Å². The second-order valence-electron chi connectivity index (χ2n) is 12.1. The molecule has 0 radical (unpaired) electrons. The van der Waals surface area contributed by atoms with Crippen LogP contribution in [0.3, 0.4) is 0 Å². The number of hydrogen-bond acceptors (Lipinski definition) is 5. The van der Waals surface area contributed by atoms with E-state index >= 15 is 0 Å². The number of amides is 1. The summed E-state index contributed by atoms with van der Waals surface area (Å²) in [5.74, 6) is -2.60. The Labute approximate surface area is 215 Å². The van der Waals surface area contributed by atoms with Gasteiger partial charge in [0.15, 0.2) is 0 Å². The first kappa shape index (κ1) is 29.6. The van der Waals surface area contributed by atoms with E-state index in [0.29, 0.717) is 11.7 Å². The minimum absolute atomic E-state index is 0.103. The molecular weight excluding hydrogens is 460 g/mol. The standard InChI is InChI=1S/C26H42N2O2.C2H2O4/c1-25(2,3)21-16-19(17-22(23(21)29)26(4,5)6)18-27-14-10-20(11-15-27)24(30)28-12-8-7-9-13-28;3-1(4)2(5)6/h16-17,20,29H,7-15,18H2,1-6H3;(H,3,4)(H,5,6). The summed E-state index contributed by atoms with van der Waals surface area (Å²) in [4.78, 5) is 35.6. The summed E-state index contributed by atoms with van der Waals surface area (Å²) in [7, 11) is 0. The third kappa shape index (κ3) is 8.22. The largest absolute Gasteiger partial charge is 0.507 e. The van der Waals surface area contributed by atoms with Gasteiger partial charge in [-0.15, -0.1) is 0 Å². The van der Waals surface area contributed by atoms with Gasteiger partial charge in [0.25, 0.3) is 0 Å². The van der Waals surface area contributed by atoms with Crippen molar-refractivity contribution in [1.29, 1.82) is 0 Å². The topological polar surface area (TPSA) is 118 Å². The number of benzene rings is 1. The summed E-state index contributed by atoms with van der Waals surface area (Å²) in [6, 6.07) is 4.38. The number of phenolic OH excluding ortho intramolecular Hbond substituents is 1. The molecule has 202 valence electrons. The molecule has 2 aliphatic rings. The van der Waals surface area contributed by atoms with Crippen molar-refractivity contribution in [3.63, 3.8) is 0 Å². The summed E-state index contributed by atoms with van der Waals surface area (Å²) in [6.07, 6.45) is 5.52. The third-order valence-electron chi connectivity index (χ3n) is 6.98. The molecule has 8 heteroatoms. The first-order valence-electron chi connectivity index (χ1n) is 13.0. The average Bonchev–Trinajstić information content (AvgIpc) is 2.79. The first-order chi connectivity index (χ1) is 16.6. The molecule has 0 aromatic heterocycles. The van der Waals surface area contributed by atoms with Crippen molar-refractivity contribution in [3.8, 4) is 5.75 Å². The lowest BCUT2D eigenvalue weighted by Crippen LogP contribution is -2.44. The van der Waals surface area contributed by atoms with Crippen LogP contribution in [0.4, 0.5) is 0 Å². The van der Waals surface area contributed by atoms with Gasteiger partial charge in [-0.3, -0.25) is 9.69 Å². The molecule has 2 saturated heterocycles. The molecule has 0 bridgehead atoms. The molecule has 1 aromatic carbocycles. The van der Waals surface area contributed by atoms with E-state index in [1.807, 2.05) is 0 Å². The van der Waals surface area contributed by atoms with E-state index in [9.17, 15) is 9.90 Å². The first-order valence-corrected chi connectivity index (χ1v) is 13.0. The molecule has 0 saturated carbocycles. The summed E-state index contributed by atoms with van der Waals surface area (Å²) in [5.41, 5.74) is 3.12. The SMILES string of the molecule is CC(C)(C)c1cc(CN2CCC(C(=O)N3CCCCC3)CC2)cc(C(C)(C)C)c1O.O=C(O)C(=O)O. The maximum absolute atomic E-state index is 12.8. The van der Waals surface area contributed by atoms with Crippen molar-refractivity contribution in [2.24, 2.45) is 5.92 Å². The molecule has 8 nitrogen and oxygen atoms in total. The lowest BCUT2D eigenvalue weighted by atomic mass is 9.78. The Morgan fingerprint density at radius 3 is 1.64 bits per heavy atom. The Morgan fingerprint density at radius 2 is 1.25 bits per heavy atom. The molecule has 0 spiro atoms. The Morgan fingerprint density at radius 1 is 0.806 bits per heavy atom. The zero-order valence-electron chi connectivity index (χ0n) is 22.8. The molecule has 3 rings (SSSR count). The molecule has 2 fully saturated rings. The van der Waals surface area contributed by atoms with Crippen molar-refractivity contribution in [2.75, 3.05) is 26.2 Å². The number of phenols is 1. The predicted molar refractivity (Wildman–Crippen MR) is 139 cm³/mol. The van der Waals surface area contributed by atoms with Crippen LogP contribution in [0.1, 0.15) is 90.3 Å². The highest BCUT2D eigenvalue weighted by Crippen LogP contribution is 2.40. The number of carboxylic acids is 2. The van der Waals surface area contributed by atoms with Gasteiger partial charge in [0, 0.05) is 25.6 Å². The van der Waals surface area contributed by atoms with E-state index in [0.717, 1.165) is 69.5 Å². The van der Waals surface area contributed by atoms with Gasteiger partial charge in [-0.2, -0.15) is 0 Å². The van der Waals surface area contributed by atoms with Crippen LogP contribution in [0.15, 0.2) is 12.1 Å². The third-order valence-corrected chi connectivity index (χ3v) is 6.98. The van der Waals surface area contributed by atoms with Gasteiger partial charge in [0.2, 0.25) is 5.91 Å². The highest BCUT2D eigenvalue weighted by atomic mass is 16.4. The van der Waals surface area contributed by atoms with Crippen LogP contribution in [0.5, 0.6) is 5.75 Å². The zero-order chi connectivity index (χ0) is 27.3. The second kappa shape index (κ2) is 12.1. The van der Waals surface area contributed by atoms with Crippen molar-refractivity contribution in [1.82, 2.24) is 9.80 Å². The second-order valence-corrected chi connectivity index (χ2v) is 12.1. The van der Waals surface area contributed by atoms with Crippen molar-refractivity contribution in [3.05, 3.63) is 28.8 Å². The normalized spacial score (nSPS) is 17.8. The minimum atomic E-state index is -1.82. The molecule has 2 aliphatic heterocycles. The lowest BCUT2D eigenvalue weighted by molar-refractivity contribution is -0.159. The van der Waals surface area contributed by atoms with E-state index in [1.54, 1.807) is 0 Å². The predicted octanol–water partition coefficient (Wildman–Crippen LogP) is 4.37. The maximum atomic E-state index is 12.8. The van der Waals surface area contributed by atoms with E-state index in [-0.39, 0.29) is 16.7 Å². The summed E-state index contributed by atoms with van der Waals surface area (Å²) < 4.78 is 0. The highest BCUT2D eigenvalue weighted by molar-refractivity contribution is 6.27. The minimum Gasteiger partial charge on any atom is -0.507 e. The number of hydrogen-bond donors (Lipinski definition) is 3. The van der Waals surface area contributed by atoms with Gasteiger partial charge < -0.3 is 20.2 Å². The van der Waals surface area contributed by atoms with Gasteiger partial charge in [-0.1, -0.05) is 53.7 Å². The Balaban J connectivity index is 0.000000678. The molecule has 3 N–H and O–H groups in total. The lowest BCUT2D eigenvalue weighted by Gasteiger charge is -2.36. The molecule has 1 amide bonds. The monoisotopic (exact) mass is 504 g/mol. The number of aromatic hydroxyl groups is 1. The molecule has 1 aromatic rings. The number of likely N-dealkylation sites (tertiary alicyclic amines) is 2. The van der Waals surface area contributed by atoms with Crippen LogP contribution in [0.25, 0.3) is 0 Å². The number of piperidine rings is 2. The summed E-state index contributed by atoms with van der Waals surface area (Å²) in [5, 5.41) is 25.7. The van der Waals surface area contributed by atoms with Crippen LogP contribution >= 0.6 is 0 Å². The van der Waals surface area contributed by atoms with Crippen molar-refractivity contribution in [2.45, 2.75) is 91.0 Å². The van der Waals surface area contributed by atoms with Gasteiger partial charge in [-0.05, 0) is 72.7 Å². The fraction of sp³-hybridized carbons (Fsp3) is 0.679. The summed E-state index contributed by atoms with van der Waals surface area (Å²) >= 11 is 0. The Hall–Kier alpha value is -2.61. The van der Waals surface area contributed by atoms with Crippen LogP contribution in [-0.4, -0.2) is 69.1 Å². The highest BCUT2D eigenvalue weighted by Gasteiger charge is 2.30. The number of carbonyl (C=O) groups is 3. The summed E-state index contributed by atoms with van der Waals surface area (Å²) in [6.45, 7) is 17.7. The molecule has 0 unspecified atom stereocenters. The Bertz CT molecular complexity index is 883. The van der Waals surface area contributed by atoms with Crippen LogP contribution in [-0.2, 0) is 31.8 Å². The van der Waals surface area contributed by atoms with Gasteiger partial charge >= 0.3 is 11.9 Å². The zero-order valence-corrected chi connectivity index (χ0v) is 22.8. The van der Waals surface area contributed by atoms with E-state index in [2.05, 4.69) is 63.5 Å². The molecule has 2 heterocycles. The van der Waals surface area contributed by atoms with Crippen molar-refractivity contribution < 1.29 is 29.7 Å². The number of rotatable bonds is 3. The van der Waals surface area contributed by atoms with Gasteiger partial charge in [0.1, 0.15) is 5.75 Å². The number of carboxylic acid groups (broad SMARTS) is 2. The molecular formula is C28H44N2O6. The number of carbonyl (C=O) groups excluding carboxylic acids is 1. The van der Waals surface area contributed by atoms with Gasteiger partial charge in [0.05, 0.1) is 0 Å². The van der Waals surface area contributed by atoms with Crippen LogP contribution in [0.2, 0.25) is 0 Å². The molecule has 0 aliphatic carbocycles. The van der Waals surface area contributed by atoms with E-state index in [1.165, 1.54) is 12.0 Å². The molecule has 0 atom stereocenters. The fourth-order valence-corrected chi connectivity index (χ4v) is 4.90. The number of nitrogens with zero attached hydrogens (tertiary/aromatic N) is 2. The van der Waals surface area contributed by atoms with E-state index in [4.69, 9.17) is 19.8 Å².